The van der Waals surface area contributed by atoms with Gasteiger partial charge in [-0.25, -0.2) is 0 Å². The molecule has 3 aliphatic rings. The predicted octanol–water partition coefficient (Wildman–Crippen LogP) is -0.748. The maximum absolute atomic E-state index is 9.40. The van der Waals surface area contributed by atoms with Gasteiger partial charge in [-0.1, -0.05) is 6.58 Å². The minimum atomic E-state index is -1.41. The second-order valence-electron chi connectivity index (χ2n) is 8.01. The van der Waals surface area contributed by atoms with Crippen molar-refractivity contribution in [3.8, 4) is 0 Å². The summed E-state index contributed by atoms with van der Waals surface area (Å²) < 4.78 is 29.2. The first-order valence-electron chi connectivity index (χ1n) is 11.3. The number of hydrogen-bond acceptors (Lipinski definition) is 12. The Morgan fingerprint density at radius 1 is 0.914 bits per heavy atom. The molecular formula is C23H40O12. The van der Waals surface area contributed by atoms with Crippen molar-refractivity contribution in [2.24, 2.45) is 0 Å². The molecule has 35 heavy (non-hydrogen) atoms. The minimum absolute atomic E-state index is 0.153. The highest BCUT2D eigenvalue weighted by molar-refractivity contribution is 5.38. The first kappa shape index (κ1) is 31.6. The van der Waals surface area contributed by atoms with Gasteiger partial charge >= 0.3 is 0 Å². The lowest BCUT2D eigenvalue weighted by Gasteiger charge is -2.35. The van der Waals surface area contributed by atoms with Gasteiger partial charge < -0.3 is 58.7 Å². The Bertz CT molecular complexity index is 621. The van der Waals surface area contributed by atoms with E-state index in [1.54, 1.807) is 12.3 Å². The second kappa shape index (κ2) is 17.1. The van der Waals surface area contributed by atoms with E-state index in [0.717, 1.165) is 12.4 Å². The van der Waals surface area contributed by atoms with Gasteiger partial charge in [0.05, 0.1) is 25.6 Å². The minimum Gasteiger partial charge on any atom is -0.465 e. The van der Waals surface area contributed by atoms with Crippen molar-refractivity contribution < 1.29 is 58.7 Å². The Labute approximate surface area is 205 Å². The van der Waals surface area contributed by atoms with Crippen molar-refractivity contribution in [3.05, 3.63) is 30.7 Å². The Hall–Kier alpha value is -1.42. The zero-order chi connectivity index (χ0) is 26.4. The molecule has 0 aromatic carbocycles. The molecular weight excluding hydrogens is 468 g/mol. The van der Waals surface area contributed by atoms with Gasteiger partial charge in [-0.05, 0) is 38.0 Å². The quantitative estimate of drug-likeness (QED) is 0.301. The number of aliphatic hydroxyl groups is 6. The summed E-state index contributed by atoms with van der Waals surface area (Å²) in [5.41, 5.74) is 0. The predicted molar refractivity (Wildman–Crippen MR) is 123 cm³/mol. The zero-order valence-corrected chi connectivity index (χ0v) is 20.4. The van der Waals surface area contributed by atoms with Crippen LogP contribution in [-0.2, 0) is 23.7 Å². The molecule has 204 valence electrons. The Balaban J connectivity index is 0.000000241. The van der Waals surface area contributed by atoms with Gasteiger partial charge in [-0.3, -0.25) is 0 Å². The van der Waals surface area contributed by atoms with Gasteiger partial charge in [-0.15, -0.1) is 0 Å². The third-order valence-electron chi connectivity index (χ3n) is 5.35. The van der Waals surface area contributed by atoms with Gasteiger partial charge in [0, 0.05) is 20.8 Å². The zero-order valence-electron chi connectivity index (χ0n) is 20.4. The maximum Gasteiger partial charge on any atom is 0.185 e. The normalized spacial score (nSPS) is 36.4. The van der Waals surface area contributed by atoms with Crippen LogP contribution >= 0.6 is 0 Å². The molecule has 3 fully saturated rings. The standard InChI is InChI=1S/C7H14O5.C6H6O.C5H10O5.C5H10O/c1-10-4-3-12-7(11-2)6(9)5(4)8;1-2-6-4-3-5-7-6;6-2-1-10-5(9)4(8)3(2)7;1-5-3-2-4-6-5/h4-9H,3H2,1-2H3;2-5H,1H2;2-9H,1H2;5H,2-4H2,1H3. The number of rotatable bonds is 3. The Morgan fingerprint density at radius 3 is 2.03 bits per heavy atom. The van der Waals surface area contributed by atoms with Crippen LogP contribution in [0.15, 0.2) is 29.4 Å². The van der Waals surface area contributed by atoms with Crippen LogP contribution in [0.25, 0.3) is 6.08 Å². The first-order valence-corrected chi connectivity index (χ1v) is 11.3. The highest BCUT2D eigenvalue weighted by Gasteiger charge is 2.38. The third kappa shape index (κ3) is 11.0. The smallest absolute Gasteiger partial charge is 0.185 e. The van der Waals surface area contributed by atoms with Crippen LogP contribution in [-0.4, -0.2) is 120 Å². The van der Waals surface area contributed by atoms with E-state index in [2.05, 4.69) is 18.2 Å². The van der Waals surface area contributed by atoms with E-state index in [4.69, 9.17) is 43.8 Å². The summed E-state index contributed by atoms with van der Waals surface area (Å²) in [6.45, 7) is 6.69. The molecule has 0 spiro atoms. The number of hydrogen-bond donors (Lipinski definition) is 6. The van der Waals surface area contributed by atoms with Crippen molar-refractivity contribution in [2.45, 2.75) is 75.1 Å². The molecule has 3 saturated heterocycles. The molecule has 1 aromatic heterocycles. The molecule has 6 N–H and O–H groups in total. The lowest BCUT2D eigenvalue weighted by atomic mass is 10.1. The monoisotopic (exact) mass is 508 g/mol. The van der Waals surface area contributed by atoms with E-state index in [1.165, 1.54) is 27.1 Å². The van der Waals surface area contributed by atoms with Gasteiger partial charge in [0.15, 0.2) is 12.6 Å². The molecule has 0 saturated carbocycles. The van der Waals surface area contributed by atoms with Crippen LogP contribution in [0.4, 0.5) is 0 Å². The van der Waals surface area contributed by atoms with Crippen LogP contribution in [0.3, 0.4) is 0 Å². The molecule has 0 bridgehead atoms. The fraction of sp³-hybridized carbons (Fsp3) is 0.739. The van der Waals surface area contributed by atoms with E-state index >= 15 is 0 Å². The number of furan rings is 1. The summed E-state index contributed by atoms with van der Waals surface area (Å²) >= 11 is 0. The molecule has 9 atom stereocenters. The molecule has 12 nitrogen and oxygen atoms in total. The van der Waals surface area contributed by atoms with Crippen LogP contribution in [0.5, 0.6) is 0 Å². The fourth-order valence-electron chi connectivity index (χ4n) is 3.12. The molecule has 3 aliphatic heterocycles. The van der Waals surface area contributed by atoms with Crippen molar-refractivity contribution in [1.29, 1.82) is 0 Å². The summed E-state index contributed by atoms with van der Waals surface area (Å²) in [6.07, 6.45) is -2.10. The number of methoxy groups -OCH3 is 2. The molecule has 0 amide bonds. The van der Waals surface area contributed by atoms with Gasteiger partial charge in [0.1, 0.15) is 42.4 Å². The topological polar surface area (TPSA) is 181 Å². The van der Waals surface area contributed by atoms with E-state index in [1.807, 2.05) is 12.1 Å². The summed E-state index contributed by atoms with van der Waals surface area (Å²) in [7, 11) is 2.87. The molecule has 1 aromatic rings. The summed E-state index contributed by atoms with van der Waals surface area (Å²) in [6, 6.07) is 3.68. The van der Waals surface area contributed by atoms with E-state index < -0.39 is 49.2 Å². The highest BCUT2D eigenvalue weighted by atomic mass is 16.7. The van der Waals surface area contributed by atoms with Gasteiger partial charge in [0.2, 0.25) is 0 Å². The molecule has 0 aliphatic carbocycles. The largest absolute Gasteiger partial charge is 0.465 e. The van der Waals surface area contributed by atoms with Crippen LogP contribution in [0, 0.1) is 0 Å². The molecule has 9 unspecified atom stereocenters. The Morgan fingerprint density at radius 2 is 1.63 bits per heavy atom. The number of aliphatic hydroxyl groups excluding tert-OH is 6. The maximum atomic E-state index is 9.40. The average molecular weight is 509 g/mol. The van der Waals surface area contributed by atoms with E-state index in [0.29, 0.717) is 6.10 Å². The van der Waals surface area contributed by atoms with Crippen molar-refractivity contribution >= 4 is 6.08 Å². The van der Waals surface area contributed by atoms with Crippen LogP contribution < -0.4 is 0 Å². The summed E-state index contributed by atoms with van der Waals surface area (Å²) in [5.74, 6) is 0.819. The first-order chi connectivity index (χ1) is 16.7. The lowest BCUT2D eigenvalue weighted by Crippen LogP contribution is -2.54. The van der Waals surface area contributed by atoms with Crippen molar-refractivity contribution in [3.63, 3.8) is 0 Å². The molecule has 12 heteroatoms. The van der Waals surface area contributed by atoms with Gasteiger partial charge in [0.25, 0.3) is 0 Å². The van der Waals surface area contributed by atoms with Crippen LogP contribution in [0.2, 0.25) is 0 Å². The van der Waals surface area contributed by atoms with E-state index in [-0.39, 0.29) is 13.2 Å². The molecule has 4 heterocycles. The lowest BCUT2D eigenvalue weighted by molar-refractivity contribution is -0.265. The van der Waals surface area contributed by atoms with Crippen LogP contribution in [0.1, 0.15) is 25.5 Å². The highest BCUT2D eigenvalue weighted by Crippen LogP contribution is 2.17. The van der Waals surface area contributed by atoms with Crippen molar-refractivity contribution in [2.75, 3.05) is 34.0 Å². The number of ether oxygens (including phenoxy) is 5. The third-order valence-corrected chi connectivity index (χ3v) is 5.35. The summed E-state index contributed by atoms with van der Waals surface area (Å²) in [5, 5.41) is 54.0. The fourth-order valence-corrected chi connectivity index (χ4v) is 3.12. The van der Waals surface area contributed by atoms with Gasteiger partial charge in [-0.2, -0.15) is 0 Å². The second-order valence-corrected chi connectivity index (χ2v) is 8.01. The summed E-state index contributed by atoms with van der Waals surface area (Å²) in [4.78, 5) is 0. The van der Waals surface area contributed by atoms with E-state index in [9.17, 15) is 10.2 Å². The molecule has 0 radical (unpaired) electrons. The SMILES string of the molecule is C=Cc1ccco1.CC1CCCO1.COC1COC(OC)C(O)C1O.OC1COC(O)C(O)C1O. The van der Waals surface area contributed by atoms with Crippen molar-refractivity contribution in [1.82, 2.24) is 0 Å². The molecule has 4 rings (SSSR count). The average Bonchev–Trinajstić information content (AvgIpc) is 3.57. The Kier molecular flexibility index (Phi) is 15.5.